The van der Waals surface area contributed by atoms with Crippen LogP contribution in [0.3, 0.4) is 0 Å². The summed E-state index contributed by atoms with van der Waals surface area (Å²) in [5, 5.41) is 16.0. The molecule has 1 atom stereocenters. The number of nitrogens with one attached hydrogen (secondary N) is 2. The van der Waals surface area contributed by atoms with E-state index in [0.717, 1.165) is 12.1 Å². The van der Waals surface area contributed by atoms with Gasteiger partial charge >= 0.3 is 5.69 Å². The molecule has 25 heavy (non-hydrogen) atoms. The van der Waals surface area contributed by atoms with Gasteiger partial charge in [-0.1, -0.05) is 11.6 Å². The van der Waals surface area contributed by atoms with E-state index in [4.69, 9.17) is 11.6 Å². The van der Waals surface area contributed by atoms with Crippen molar-refractivity contribution >= 4 is 34.8 Å². The normalized spacial score (nSPS) is 11.5. The lowest BCUT2D eigenvalue weighted by Gasteiger charge is -2.14. The highest BCUT2D eigenvalue weighted by Gasteiger charge is 2.19. The molecule has 2 aromatic carbocycles. The quantitative estimate of drug-likeness (QED) is 0.627. The summed E-state index contributed by atoms with van der Waals surface area (Å²) in [7, 11) is 0. The number of nitro benzene ring substituents is 1. The molecule has 7 nitrogen and oxygen atoms in total. The molecule has 0 aliphatic heterocycles. The van der Waals surface area contributed by atoms with Crippen molar-refractivity contribution in [2.45, 2.75) is 13.0 Å². The fourth-order valence-electron chi connectivity index (χ4n) is 1.93. The number of benzene rings is 2. The van der Waals surface area contributed by atoms with Gasteiger partial charge in [-0.15, -0.1) is 0 Å². The standard InChI is InChI=1S/C16H13ClFN3O4/c1-9(19-16(23)10-2-4-11(17)5-3-10)15(22)20-12-6-7-13(18)14(8-12)21(24)25/h2-9H,1H3,(H,19,23)(H,20,22). The number of halogens is 2. The lowest BCUT2D eigenvalue weighted by molar-refractivity contribution is -0.387. The van der Waals surface area contributed by atoms with Crippen LogP contribution in [0.25, 0.3) is 0 Å². The summed E-state index contributed by atoms with van der Waals surface area (Å²) in [6.07, 6.45) is 0. The maximum absolute atomic E-state index is 13.3. The molecular formula is C16H13ClFN3O4. The van der Waals surface area contributed by atoms with Crippen LogP contribution in [0.4, 0.5) is 15.8 Å². The topological polar surface area (TPSA) is 101 Å². The van der Waals surface area contributed by atoms with E-state index in [1.165, 1.54) is 25.1 Å². The molecular weight excluding hydrogens is 353 g/mol. The van der Waals surface area contributed by atoms with Gasteiger partial charge in [0.1, 0.15) is 6.04 Å². The Labute approximate surface area is 146 Å². The van der Waals surface area contributed by atoms with E-state index in [1.54, 1.807) is 12.1 Å². The third-order valence-electron chi connectivity index (χ3n) is 3.26. The number of anilines is 1. The molecule has 2 amide bonds. The van der Waals surface area contributed by atoms with E-state index in [0.29, 0.717) is 10.6 Å². The van der Waals surface area contributed by atoms with Crippen LogP contribution in [0.15, 0.2) is 42.5 Å². The SMILES string of the molecule is CC(NC(=O)c1ccc(Cl)cc1)C(=O)Nc1ccc(F)c([N+](=O)[O-])c1. The van der Waals surface area contributed by atoms with E-state index in [2.05, 4.69) is 10.6 Å². The predicted molar refractivity (Wildman–Crippen MR) is 90.1 cm³/mol. The summed E-state index contributed by atoms with van der Waals surface area (Å²) in [6.45, 7) is 1.45. The summed E-state index contributed by atoms with van der Waals surface area (Å²) in [4.78, 5) is 33.9. The first-order chi connectivity index (χ1) is 11.8. The van der Waals surface area contributed by atoms with Gasteiger partial charge in [0.05, 0.1) is 4.92 Å². The minimum Gasteiger partial charge on any atom is -0.341 e. The van der Waals surface area contributed by atoms with Crippen LogP contribution in [0.2, 0.25) is 5.02 Å². The van der Waals surface area contributed by atoms with Crippen molar-refractivity contribution in [2.75, 3.05) is 5.32 Å². The number of hydrogen-bond donors (Lipinski definition) is 2. The van der Waals surface area contributed by atoms with E-state index in [9.17, 15) is 24.1 Å². The minimum absolute atomic E-state index is 0.0469. The molecule has 0 aliphatic carbocycles. The van der Waals surface area contributed by atoms with Crippen LogP contribution in [0, 0.1) is 15.9 Å². The molecule has 130 valence electrons. The van der Waals surface area contributed by atoms with E-state index in [-0.39, 0.29) is 5.69 Å². The molecule has 9 heteroatoms. The van der Waals surface area contributed by atoms with E-state index >= 15 is 0 Å². The molecule has 0 heterocycles. The molecule has 0 fully saturated rings. The van der Waals surface area contributed by atoms with Gasteiger partial charge in [-0.3, -0.25) is 19.7 Å². The van der Waals surface area contributed by atoms with Gasteiger partial charge in [-0.05, 0) is 43.3 Å². The van der Waals surface area contributed by atoms with Crippen LogP contribution in [-0.4, -0.2) is 22.8 Å². The molecule has 0 aromatic heterocycles. The van der Waals surface area contributed by atoms with Gasteiger partial charge in [0.25, 0.3) is 5.91 Å². The van der Waals surface area contributed by atoms with Crippen LogP contribution >= 0.6 is 11.6 Å². The molecule has 0 aliphatic rings. The lowest BCUT2D eigenvalue weighted by atomic mass is 10.2. The first-order valence-electron chi connectivity index (χ1n) is 7.09. The van der Waals surface area contributed by atoms with Crippen LogP contribution in [0.1, 0.15) is 17.3 Å². The van der Waals surface area contributed by atoms with Crippen molar-refractivity contribution in [2.24, 2.45) is 0 Å². The third kappa shape index (κ3) is 4.74. The number of carbonyl (C=O) groups is 2. The number of rotatable bonds is 5. The molecule has 0 radical (unpaired) electrons. The predicted octanol–water partition coefficient (Wildman–Crippen LogP) is 3.14. The van der Waals surface area contributed by atoms with Gasteiger partial charge in [0, 0.05) is 22.3 Å². The van der Waals surface area contributed by atoms with Gasteiger partial charge < -0.3 is 10.6 Å². The molecule has 0 saturated heterocycles. The zero-order valence-electron chi connectivity index (χ0n) is 13.0. The van der Waals surface area contributed by atoms with Gasteiger partial charge in [0.2, 0.25) is 11.7 Å². The Kier molecular flexibility index (Phi) is 5.66. The number of nitrogens with zero attached hydrogens (tertiary/aromatic N) is 1. The van der Waals surface area contributed by atoms with Crippen molar-refractivity contribution in [3.05, 3.63) is 69.0 Å². The summed E-state index contributed by atoms with van der Waals surface area (Å²) in [5.41, 5.74) is -0.386. The highest BCUT2D eigenvalue weighted by Crippen LogP contribution is 2.21. The van der Waals surface area contributed by atoms with Gasteiger partial charge in [-0.25, -0.2) is 0 Å². The molecule has 2 rings (SSSR count). The Morgan fingerprint density at radius 2 is 1.84 bits per heavy atom. The largest absolute Gasteiger partial charge is 0.341 e. The molecule has 0 spiro atoms. The summed E-state index contributed by atoms with van der Waals surface area (Å²) >= 11 is 5.74. The second-order valence-electron chi connectivity index (χ2n) is 5.11. The summed E-state index contributed by atoms with van der Waals surface area (Å²) in [5.74, 6) is -2.10. The Bertz CT molecular complexity index is 827. The minimum atomic E-state index is -1.01. The fourth-order valence-corrected chi connectivity index (χ4v) is 2.05. The van der Waals surface area contributed by atoms with Crippen LogP contribution in [-0.2, 0) is 4.79 Å². The highest BCUT2D eigenvalue weighted by molar-refractivity contribution is 6.30. The Balaban J connectivity index is 2.03. The maximum atomic E-state index is 13.3. The van der Waals surface area contributed by atoms with Crippen molar-refractivity contribution in [3.8, 4) is 0 Å². The fraction of sp³-hybridized carbons (Fsp3) is 0.125. The number of carbonyl (C=O) groups excluding carboxylic acids is 2. The van der Waals surface area contributed by atoms with Crippen molar-refractivity contribution in [1.29, 1.82) is 0 Å². The molecule has 2 aromatic rings. The molecule has 0 bridgehead atoms. The van der Waals surface area contributed by atoms with E-state index < -0.39 is 34.3 Å². The van der Waals surface area contributed by atoms with Crippen LogP contribution < -0.4 is 10.6 Å². The first-order valence-corrected chi connectivity index (χ1v) is 7.47. The summed E-state index contributed by atoms with van der Waals surface area (Å²) < 4.78 is 13.3. The zero-order chi connectivity index (χ0) is 18.6. The Morgan fingerprint density at radius 3 is 2.44 bits per heavy atom. The maximum Gasteiger partial charge on any atom is 0.306 e. The van der Waals surface area contributed by atoms with E-state index in [1.807, 2.05) is 0 Å². The number of hydrogen-bond acceptors (Lipinski definition) is 4. The average molecular weight is 366 g/mol. The molecule has 1 unspecified atom stereocenters. The monoisotopic (exact) mass is 365 g/mol. The Morgan fingerprint density at radius 1 is 1.20 bits per heavy atom. The number of amides is 2. The first kappa shape index (κ1) is 18.3. The smallest absolute Gasteiger partial charge is 0.306 e. The van der Waals surface area contributed by atoms with Crippen LogP contribution in [0.5, 0.6) is 0 Å². The summed E-state index contributed by atoms with van der Waals surface area (Å²) in [6, 6.07) is 8.14. The Hall–Kier alpha value is -3.00. The molecule has 2 N–H and O–H groups in total. The van der Waals surface area contributed by atoms with Crippen molar-refractivity contribution < 1.29 is 18.9 Å². The van der Waals surface area contributed by atoms with Crippen molar-refractivity contribution in [1.82, 2.24) is 5.32 Å². The zero-order valence-corrected chi connectivity index (χ0v) is 13.7. The second-order valence-corrected chi connectivity index (χ2v) is 5.55. The van der Waals surface area contributed by atoms with Gasteiger partial charge in [0.15, 0.2) is 0 Å². The lowest BCUT2D eigenvalue weighted by Crippen LogP contribution is -2.41. The van der Waals surface area contributed by atoms with Crippen molar-refractivity contribution in [3.63, 3.8) is 0 Å². The third-order valence-corrected chi connectivity index (χ3v) is 3.51. The highest BCUT2D eigenvalue weighted by atomic mass is 35.5. The average Bonchev–Trinajstić information content (AvgIpc) is 2.56. The van der Waals surface area contributed by atoms with Gasteiger partial charge in [-0.2, -0.15) is 4.39 Å². The second kappa shape index (κ2) is 7.71. The number of nitro groups is 1. The molecule has 0 saturated carbocycles.